The number of halogens is 6. The zero-order valence-electron chi connectivity index (χ0n) is 20.8. The van der Waals surface area contributed by atoms with Crippen LogP contribution in [0.15, 0.2) is 60.8 Å². The van der Waals surface area contributed by atoms with Crippen molar-refractivity contribution in [1.29, 1.82) is 5.26 Å². The molecule has 1 aliphatic carbocycles. The van der Waals surface area contributed by atoms with Gasteiger partial charge in [-0.3, -0.25) is 4.79 Å². The molecule has 6 nitrogen and oxygen atoms in total. The number of benzene rings is 2. The van der Waals surface area contributed by atoms with Crippen molar-refractivity contribution in [2.45, 2.75) is 44.1 Å². The first-order chi connectivity index (χ1) is 18.4. The van der Waals surface area contributed by atoms with E-state index in [1.54, 1.807) is 18.2 Å². The largest absolute Gasteiger partial charge is 0.435 e. The van der Waals surface area contributed by atoms with Crippen molar-refractivity contribution in [3.05, 3.63) is 72.1 Å². The van der Waals surface area contributed by atoms with E-state index in [1.165, 1.54) is 24.3 Å². The van der Waals surface area contributed by atoms with Gasteiger partial charge < -0.3 is 10.2 Å². The number of nitriles is 1. The summed E-state index contributed by atoms with van der Waals surface area (Å²) in [4.78, 5) is 13.6. The maximum absolute atomic E-state index is 14.1. The lowest BCUT2D eigenvalue weighted by Crippen LogP contribution is -2.43. The van der Waals surface area contributed by atoms with Crippen LogP contribution in [0, 0.1) is 23.2 Å². The van der Waals surface area contributed by atoms with E-state index in [-0.39, 0.29) is 28.5 Å². The highest BCUT2D eigenvalue weighted by atomic mass is 19.4. The van der Waals surface area contributed by atoms with E-state index in [4.69, 9.17) is 5.26 Å². The van der Waals surface area contributed by atoms with Gasteiger partial charge in [0.05, 0.1) is 23.6 Å². The lowest BCUT2D eigenvalue weighted by Gasteiger charge is -2.34. The monoisotopic (exact) mass is 549 g/mol. The van der Waals surface area contributed by atoms with Crippen molar-refractivity contribution in [3.63, 3.8) is 0 Å². The van der Waals surface area contributed by atoms with Crippen LogP contribution in [0.2, 0.25) is 0 Å². The number of anilines is 2. The van der Waals surface area contributed by atoms with Gasteiger partial charge in [-0.05, 0) is 55.5 Å². The molecule has 1 aromatic heterocycles. The van der Waals surface area contributed by atoms with E-state index >= 15 is 0 Å². The molecule has 4 rings (SSSR count). The second-order valence-electron chi connectivity index (χ2n) is 9.47. The Bertz CT molecular complexity index is 1320. The third kappa shape index (κ3) is 6.19. The number of hydrogen-bond acceptors (Lipinski definition) is 4. The first kappa shape index (κ1) is 28.0. The van der Waals surface area contributed by atoms with Gasteiger partial charge >= 0.3 is 12.4 Å². The van der Waals surface area contributed by atoms with Gasteiger partial charge in [0.25, 0.3) is 0 Å². The molecule has 0 unspecified atom stereocenters. The van der Waals surface area contributed by atoms with E-state index in [2.05, 4.69) is 16.5 Å². The third-order valence-electron chi connectivity index (χ3n) is 6.85. The van der Waals surface area contributed by atoms with E-state index in [0.29, 0.717) is 30.6 Å². The third-order valence-corrected chi connectivity index (χ3v) is 6.85. The van der Waals surface area contributed by atoms with Gasteiger partial charge in [0, 0.05) is 24.6 Å². The van der Waals surface area contributed by atoms with Crippen molar-refractivity contribution in [2.24, 2.45) is 11.8 Å². The minimum Gasteiger partial charge on any atom is -0.352 e. The maximum Gasteiger partial charge on any atom is 0.435 e. The normalized spacial score (nSPS) is 18.7. The van der Waals surface area contributed by atoms with Crippen LogP contribution < -0.4 is 5.32 Å². The van der Waals surface area contributed by atoms with Crippen molar-refractivity contribution in [1.82, 2.24) is 14.7 Å². The summed E-state index contributed by atoms with van der Waals surface area (Å²) in [5, 5.41) is 15.5. The first-order valence-corrected chi connectivity index (χ1v) is 12.2. The first-order valence-electron chi connectivity index (χ1n) is 12.2. The summed E-state index contributed by atoms with van der Waals surface area (Å²) in [5.74, 6) is -1.46. The Morgan fingerprint density at radius 3 is 2.18 bits per heavy atom. The number of nitrogens with one attached hydrogen (secondary N) is 1. The van der Waals surface area contributed by atoms with Gasteiger partial charge in [0.2, 0.25) is 5.91 Å². The molecule has 1 amide bonds. The SMILES string of the molecule is CN(C(=O)C1CCC(C#N)CC1)[C@@H](c1ccc(Nc2cnn(-c3ccccc3)c2C(F)(F)F)cc1)C(F)(F)F. The summed E-state index contributed by atoms with van der Waals surface area (Å²) >= 11 is 0. The molecule has 39 heavy (non-hydrogen) atoms. The van der Waals surface area contributed by atoms with Gasteiger partial charge in [-0.2, -0.15) is 36.7 Å². The molecular formula is C27H25F6N5O. The molecular weight excluding hydrogens is 524 g/mol. The average molecular weight is 550 g/mol. The van der Waals surface area contributed by atoms with Crippen LogP contribution >= 0.6 is 0 Å². The Balaban J connectivity index is 1.56. The summed E-state index contributed by atoms with van der Waals surface area (Å²) in [7, 11) is 1.09. The number of alkyl halides is 6. The Labute approximate surface area is 220 Å². The number of carbonyl (C=O) groups is 1. The van der Waals surface area contributed by atoms with Crippen LogP contribution in [0.4, 0.5) is 37.7 Å². The Morgan fingerprint density at radius 1 is 1.03 bits per heavy atom. The van der Waals surface area contributed by atoms with Gasteiger partial charge in [0.1, 0.15) is 0 Å². The molecule has 1 aliphatic rings. The number of rotatable bonds is 6. The number of para-hydroxylation sites is 1. The highest BCUT2D eigenvalue weighted by Crippen LogP contribution is 2.41. The minimum atomic E-state index is -4.79. The molecule has 3 aromatic rings. The van der Waals surface area contributed by atoms with Crippen LogP contribution in [0.5, 0.6) is 0 Å². The minimum absolute atomic E-state index is 0.113. The van der Waals surface area contributed by atoms with Crippen LogP contribution in [-0.2, 0) is 11.0 Å². The molecule has 206 valence electrons. The summed E-state index contributed by atoms with van der Waals surface area (Å²) in [6.45, 7) is 0. The van der Waals surface area contributed by atoms with Crippen LogP contribution in [-0.4, -0.2) is 33.8 Å². The Morgan fingerprint density at radius 2 is 1.64 bits per heavy atom. The quantitative estimate of drug-likeness (QED) is 0.335. The zero-order chi connectivity index (χ0) is 28.4. The predicted molar refractivity (Wildman–Crippen MR) is 131 cm³/mol. The van der Waals surface area contributed by atoms with Crippen LogP contribution in [0.1, 0.15) is 43.0 Å². The van der Waals surface area contributed by atoms with Gasteiger partial charge in [0.15, 0.2) is 11.7 Å². The molecule has 1 heterocycles. The molecule has 1 saturated carbocycles. The summed E-state index contributed by atoms with van der Waals surface area (Å²) < 4.78 is 84.8. The molecule has 0 spiro atoms. The van der Waals surface area contributed by atoms with Gasteiger partial charge in [-0.15, -0.1) is 0 Å². The van der Waals surface area contributed by atoms with E-state index in [1.807, 2.05) is 0 Å². The number of carbonyl (C=O) groups excluding carboxylic acids is 1. The van der Waals surface area contributed by atoms with Gasteiger partial charge in [-0.1, -0.05) is 30.3 Å². The predicted octanol–water partition coefficient (Wildman–Crippen LogP) is 7.03. The second kappa shape index (κ2) is 11.0. The highest BCUT2D eigenvalue weighted by molar-refractivity contribution is 5.79. The van der Waals surface area contributed by atoms with Crippen LogP contribution in [0.3, 0.4) is 0 Å². The highest BCUT2D eigenvalue weighted by Gasteiger charge is 2.46. The van der Waals surface area contributed by atoms with E-state index < -0.39 is 35.9 Å². The van der Waals surface area contributed by atoms with Crippen molar-refractivity contribution in [3.8, 4) is 11.8 Å². The van der Waals surface area contributed by atoms with Crippen molar-refractivity contribution >= 4 is 17.3 Å². The maximum atomic E-state index is 14.1. The molecule has 2 aromatic carbocycles. The van der Waals surface area contributed by atoms with Crippen LogP contribution in [0.25, 0.3) is 5.69 Å². The Kier molecular flexibility index (Phi) is 7.90. The summed E-state index contributed by atoms with van der Waals surface area (Å²) in [5.41, 5.74) is -1.36. The summed E-state index contributed by atoms with van der Waals surface area (Å²) in [6.07, 6.45) is -6.97. The number of nitrogens with zero attached hydrogens (tertiary/aromatic N) is 4. The average Bonchev–Trinajstić information content (AvgIpc) is 3.33. The Hall–Kier alpha value is -4.01. The van der Waals surface area contributed by atoms with Crippen molar-refractivity contribution < 1.29 is 31.1 Å². The number of hydrogen-bond donors (Lipinski definition) is 1. The standard InChI is InChI=1S/C27H25F6N5O/c1-37(25(39)19-9-7-17(15-34)8-10-19)23(26(28,29)30)18-11-13-20(14-12-18)36-22-16-35-38(24(22)27(31,32)33)21-5-3-2-4-6-21/h2-6,11-14,16-17,19,23,36H,7-10H2,1H3/t17?,19?,23-/m0/s1. The zero-order valence-corrected chi connectivity index (χ0v) is 20.8. The molecule has 0 radical (unpaired) electrons. The summed E-state index contributed by atoms with van der Waals surface area (Å²) in [6, 6.07) is 12.3. The lowest BCUT2D eigenvalue weighted by molar-refractivity contribution is -0.191. The molecule has 0 aliphatic heterocycles. The van der Waals surface area contributed by atoms with E-state index in [0.717, 1.165) is 30.1 Å². The molecule has 12 heteroatoms. The number of aromatic nitrogens is 2. The molecule has 0 saturated heterocycles. The van der Waals surface area contributed by atoms with E-state index in [9.17, 15) is 31.1 Å². The fourth-order valence-electron chi connectivity index (χ4n) is 4.90. The molecule has 1 atom stereocenters. The topological polar surface area (TPSA) is 74.0 Å². The molecule has 0 bridgehead atoms. The molecule has 1 N–H and O–H groups in total. The number of amides is 1. The fraction of sp³-hybridized carbons (Fsp3) is 0.370. The van der Waals surface area contributed by atoms with Gasteiger partial charge in [-0.25, -0.2) is 4.68 Å². The lowest BCUT2D eigenvalue weighted by atomic mass is 9.82. The van der Waals surface area contributed by atoms with Crippen molar-refractivity contribution in [2.75, 3.05) is 12.4 Å². The molecule has 1 fully saturated rings. The fourth-order valence-corrected chi connectivity index (χ4v) is 4.90. The second-order valence-corrected chi connectivity index (χ2v) is 9.47. The smallest absolute Gasteiger partial charge is 0.352 e.